The van der Waals surface area contributed by atoms with Gasteiger partial charge in [0.15, 0.2) is 0 Å². The Morgan fingerprint density at radius 1 is 1.17 bits per heavy atom. The first-order chi connectivity index (χ1) is 17.2. The number of esters is 1. The third-order valence-corrected chi connectivity index (χ3v) is 7.24. The van der Waals surface area contributed by atoms with Gasteiger partial charge >= 0.3 is 13.7 Å². The van der Waals surface area contributed by atoms with Crippen LogP contribution in [0.15, 0.2) is 54.9 Å². The van der Waals surface area contributed by atoms with Crippen LogP contribution in [0.4, 0.5) is 0 Å². The minimum Gasteiger partial charge on any atom is -0.462 e. The lowest BCUT2D eigenvalue weighted by Crippen LogP contribution is -2.38. The number of rotatable bonds is 10. The number of ether oxygens (including phenoxy) is 2. The van der Waals surface area contributed by atoms with Crippen LogP contribution in [0.25, 0.3) is 11.0 Å². The van der Waals surface area contributed by atoms with Crippen molar-refractivity contribution in [3.05, 3.63) is 60.4 Å². The lowest BCUT2D eigenvalue weighted by molar-refractivity contribution is -0.149. The Hall–Kier alpha value is -2.79. The molecule has 0 aliphatic carbocycles. The molecule has 2 aromatic heterocycles. The van der Waals surface area contributed by atoms with Gasteiger partial charge in [0.25, 0.3) is 0 Å². The maximum absolute atomic E-state index is 13.6. The molecule has 0 radical (unpaired) electrons. The van der Waals surface area contributed by atoms with E-state index in [-0.39, 0.29) is 18.5 Å². The molecule has 0 bridgehead atoms. The Balaban J connectivity index is 1.49. The number of carbonyl (C=O) groups is 1. The summed E-state index contributed by atoms with van der Waals surface area (Å²) < 4.78 is 36.0. The molecule has 1 fully saturated rings. The molecule has 6 atom stereocenters. The van der Waals surface area contributed by atoms with E-state index in [1.165, 1.54) is 6.92 Å². The van der Waals surface area contributed by atoms with Crippen LogP contribution >= 0.6 is 7.75 Å². The maximum atomic E-state index is 13.6. The molecule has 11 nitrogen and oxygen atoms in total. The predicted octanol–water partition coefficient (Wildman–Crippen LogP) is 2.86. The van der Waals surface area contributed by atoms with Crippen LogP contribution in [0.1, 0.15) is 32.4 Å². The summed E-state index contributed by atoms with van der Waals surface area (Å²) in [5.74, 6) is -0.387. The highest BCUT2D eigenvalue weighted by Crippen LogP contribution is 2.46. The van der Waals surface area contributed by atoms with E-state index in [9.17, 15) is 19.6 Å². The van der Waals surface area contributed by atoms with Crippen molar-refractivity contribution in [3.63, 3.8) is 0 Å². The number of hydrogen-bond acceptors (Lipinski definition) is 9. The normalized spacial score (nSPS) is 24.5. The van der Waals surface area contributed by atoms with Crippen molar-refractivity contribution in [3.8, 4) is 5.75 Å². The Labute approximate surface area is 208 Å². The van der Waals surface area contributed by atoms with E-state index >= 15 is 0 Å². The van der Waals surface area contributed by atoms with Gasteiger partial charge in [-0.3, -0.25) is 9.32 Å². The second-order valence-electron chi connectivity index (χ2n) is 8.75. The Bertz CT molecular complexity index is 1220. The number of H-pyrrole nitrogens is 1. The molecule has 3 heterocycles. The molecule has 0 unspecified atom stereocenters. The van der Waals surface area contributed by atoms with Crippen LogP contribution in [0.3, 0.4) is 0 Å². The number of hydrogen-bond donors (Lipinski definition) is 4. The number of carbonyl (C=O) groups excluding carboxylic acids is 1. The molecule has 1 aliphatic heterocycles. The van der Waals surface area contributed by atoms with Crippen LogP contribution in [0.2, 0.25) is 0 Å². The highest BCUT2D eigenvalue weighted by atomic mass is 31.2. The largest absolute Gasteiger partial charge is 0.462 e. The van der Waals surface area contributed by atoms with Gasteiger partial charge in [0.2, 0.25) is 0 Å². The van der Waals surface area contributed by atoms with Gasteiger partial charge in [0.1, 0.15) is 41.9 Å². The van der Waals surface area contributed by atoms with Crippen molar-refractivity contribution >= 4 is 24.7 Å². The number of nitrogens with zero attached hydrogens (tertiary/aromatic N) is 1. The fourth-order valence-electron chi connectivity index (χ4n) is 3.88. The zero-order valence-electron chi connectivity index (χ0n) is 20.1. The summed E-state index contributed by atoms with van der Waals surface area (Å²) in [6, 6.07) is 10.8. The van der Waals surface area contributed by atoms with Gasteiger partial charge < -0.3 is 29.2 Å². The molecular weight excluding hydrogens is 489 g/mol. The van der Waals surface area contributed by atoms with Gasteiger partial charge in [-0.25, -0.2) is 9.55 Å². The average molecular weight is 519 g/mol. The minimum atomic E-state index is -4.15. The summed E-state index contributed by atoms with van der Waals surface area (Å²) in [7, 11) is -4.15. The molecule has 12 heteroatoms. The molecule has 0 spiro atoms. The molecule has 1 saturated heterocycles. The fourth-order valence-corrected chi connectivity index (χ4v) is 5.38. The van der Waals surface area contributed by atoms with E-state index in [1.54, 1.807) is 68.7 Å². The number of benzene rings is 1. The van der Waals surface area contributed by atoms with Crippen molar-refractivity contribution in [1.82, 2.24) is 15.1 Å². The van der Waals surface area contributed by atoms with Gasteiger partial charge in [-0.1, -0.05) is 18.2 Å². The molecule has 0 saturated carbocycles. The quantitative estimate of drug-likeness (QED) is 0.232. The standard InChI is InChI=1S/C24H30N3O8P/c1-14(2)33-24(30)15(3)27-36(31,35-16-7-5-4-6-8-16)32-13-19-20(28)21(29)22(34-19)17-9-11-25-23-18(17)10-12-26-23/h4-12,14-15,19-22,28-29H,13H2,1-3H3,(H,25,26)(H,27,31)/t15-,19-,20-,21-,22+,36-/m1/s1. The van der Waals surface area contributed by atoms with Crippen LogP contribution < -0.4 is 9.61 Å². The average Bonchev–Trinajstić information content (AvgIpc) is 3.43. The van der Waals surface area contributed by atoms with Gasteiger partial charge in [-0.05, 0) is 50.6 Å². The first-order valence-corrected chi connectivity index (χ1v) is 13.1. The minimum absolute atomic E-state index is 0.246. The first kappa shape index (κ1) is 26.3. The number of nitrogens with one attached hydrogen (secondary N) is 2. The summed E-state index contributed by atoms with van der Waals surface area (Å²) in [5.41, 5.74) is 1.26. The number of aromatic amines is 1. The highest BCUT2D eigenvalue weighted by molar-refractivity contribution is 7.52. The van der Waals surface area contributed by atoms with E-state index in [4.69, 9.17) is 18.5 Å². The molecule has 1 aromatic carbocycles. The molecule has 0 amide bonds. The first-order valence-electron chi connectivity index (χ1n) is 11.6. The van der Waals surface area contributed by atoms with Crippen molar-refractivity contribution in [2.75, 3.05) is 6.61 Å². The predicted molar refractivity (Wildman–Crippen MR) is 130 cm³/mol. The lowest BCUT2D eigenvalue weighted by Gasteiger charge is -2.25. The molecule has 36 heavy (non-hydrogen) atoms. The second kappa shape index (κ2) is 11.1. The number of para-hydroxylation sites is 1. The number of aliphatic hydroxyl groups excluding tert-OH is 2. The second-order valence-corrected chi connectivity index (χ2v) is 10.4. The molecule has 194 valence electrons. The van der Waals surface area contributed by atoms with E-state index in [1.807, 2.05) is 0 Å². The van der Waals surface area contributed by atoms with E-state index < -0.39 is 44.2 Å². The summed E-state index contributed by atoms with van der Waals surface area (Å²) >= 11 is 0. The SMILES string of the molecule is CC(C)OC(=O)[C@@H](C)N[P@@](=O)(OC[C@H]1O[C@@H](c2ccnc3[nH]ccc23)[C@H](O)[C@@H]1O)Oc1ccccc1. The van der Waals surface area contributed by atoms with Crippen LogP contribution in [-0.2, 0) is 23.4 Å². The molecule has 1 aliphatic rings. The number of fused-ring (bicyclic) bond motifs is 1. The number of pyridine rings is 1. The molecular formula is C24H30N3O8P. The lowest BCUT2D eigenvalue weighted by atomic mass is 10.0. The van der Waals surface area contributed by atoms with E-state index in [0.29, 0.717) is 11.2 Å². The van der Waals surface area contributed by atoms with Gasteiger partial charge in [0, 0.05) is 17.8 Å². The fraction of sp³-hybridized carbons (Fsp3) is 0.417. The maximum Gasteiger partial charge on any atom is 0.459 e. The zero-order valence-corrected chi connectivity index (χ0v) is 21.0. The summed E-state index contributed by atoms with van der Waals surface area (Å²) in [4.78, 5) is 19.5. The topological polar surface area (TPSA) is 152 Å². The van der Waals surface area contributed by atoms with Gasteiger partial charge in [-0.15, -0.1) is 0 Å². The molecule has 3 aromatic rings. The van der Waals surface area contributed by atoms with Crippen LogP contribution in [0, 0.1) is 0 Å². The highest BCUT2D eigenvalue weighted by Gasteiger charge is 2.45. The molecule has 4 rings (SSSR count). The zero-order chi connectivity index (χ0) is 25.9. The number of aliphatic hydroxyl groups is 2. The van der Waals surface area contributed by atoms with Crippen molar-refractivity contribution in [2.45, 2.75) is 57.3 Å². The Morgan fingerprint density at radius 2 is 1.92 bits per heavy atom. The third-order valence-electron chi connectivity index (χ3n) is 5.60. The van der Waals surface area contributed by atoms with E-state index in [0.717, 1.165) is 5.39 Å². The van der Waals surface area contributed by atoms with Crippen LogP contribution in [0.5, 0.6) is 5.75 Å². The summed E-state index contributed by atoms with van der Waals surface area (Å²) in [6.45, 7) is 4.48. The van der Waals surface area contributed by atoms with Crippen molar-refractivity contribution in [2.24, 2.45) is 0 Å². The smallest absolute Gasteiger partial charge is 0.459 e. The van der Waals surface area contributed by atoms with Gasteiger partial charge in [-0.2, -0.15) is 5.09 Å². The Morgan fingerprint density at radius 3 is 2.64 bits per heavy atom. The van der Waals surface area contributed by atoms with E-state index in [2.05, 4.69) is 15.1 Å². The van der Waals surface area contributed by atoms with Crippen LogP contribution in [-0.4, -0.2) is 63.2 Å². The van der Waals surface area contributed by atoms with Crippen molar-refractivity contribution in [1.29, 1.82) is 0 Å². The van der Waals surface area contributed by atoms with Crippen molar-refractivity contribution < 1.29 is 38.1 Å². The summed E-state index contributed by atoms with van der Waals surface area (Å²) in [6.07, 6.45) is -1.56. The third kappa shape index (κ3) is 5.95. The number of aromatic nitrogens is 2. The molecule has 4 N–H and O–H groups in total. The Kier molecular flexibility index (Phi) is 8.09. The van der Waals surface area contributed by atoms with Gasteiger partial charge in [0.05, 0.1) is 12.7 Å². The monoisotopic (exact) mass is 519 g/mol. The summed E-state index contributed by atoms with van der Waals surface area (Å²) in [5, 5.41) is 24.7.